The van der Waals surface area contributed by atoms with Crippen molar-refractivity contribution in [3.63, 3.8) is 0 Å². The van der Waals surface area contributed by atoms with E-state index in [-0.39, 0.29) is 0 Å². The van der Waals surface area contributed by atoms with Crippen molar-refractivity contribution in [3.8, 4) is 0 Å². The predicted octanol–water partition coefficient (Wildman–Crippen LogP) is -1.88. The van der Waals surface area contributed by atoms with E-state index in [1.165, 1.54) is 0 Å². The average Bonchev–Trinajstić information content (AvgIpc) is 2.14. The summed E-state index contributed by atoms with van der Waals surface area (Å²) < 4.78 is 34.0. The molecule has 0 amide bonds. The zero-order valence-corrected chi connectivity index (χ0v) is 8.61. The van der Waals surface area contributed by atoms with Crippen LogP contribution in [0.1, 0.15) is 0 Å². The van der Waals surface area contributed by atoms with Gasteiger partial charge in [-0.15, -0.1) is 10.2 Å². The van der Waals surface area contributed by atoms with Gasteiger partial charge in [0.2, 0.25) is 0 Å². The molecule has 1 rings (SSSR count). The Kier molecular flexibility index (Phi) is 7.31. The molecule has 0 atom stereocenters. The molecule has 1 heterocycles. The molecular formula is C8H8ClO4S-. The summed E-state index contributed by atoms with van der Waals surface area (Å²) in [6.07, 6.45) is 0. The van der Waals surface area contributed by atoms with E-state index >= 15 is 0 Å². The first-order valence-electron chi connectivity index (χ1n) is 3.42. The Labute approximate surface area is 87.8 Å². The van der Waals surface area contributed by atoms with Crippen molar-refractivity contribution in [1.82, 2.24) is 0 Å². The molecule has 6 heteroatoms. The van der Waals surface area contributed by atoms with E-state index < -0.39 is 10.2 Å². The van der Waals surface area contributed by atoms with Crippen molar-refractivity contribution in [3.05, 3.63) is 47.2 Å². The number of hydrogen-bond donors (Lipinski definition) is 0. The van der Waals surface area contributed by atoms with Gasteiger partial charge in [-0.1, -0.05) is 36.4 Å². The summed E-state index contributed by atoms with van der Waals surface area (Å²) in [5.74, 6) is 0. The summed E-state index contributed by atoms with van der Waals surface area (Å²) in [5, 5.41) is 4.08. The lowest BCUT2D eigenvalue weighted by molar-refractivity contribution is -2.00. The standard InChI is InChI=1S/C8H8S.ClHO4/c1-2-4-6-8-9-7-5-3-1;2-1(3,4)5/h1-8H;(H,2,3,4,5)/p-1. The maximum atomic E-state index is 8.49. The molecule has 1 aromatic heterocycles. The lowest BCUT2D eigenvalue weighted by Crippen LogP contribution is -2.68. The molecule has 0 aliphatic heterocycles. The van der Waals surface area contributed by atoms with Crippen molar-refractivity contribution in [2.45, 2.75) is 0 Å². The zero-order valence-electron chi connectivity index (χ0n) is 7.04. The highest BCUT2D eigenvalue weighted by atomic mass is 35.7. The number of hydrogen-bond acceptors (Lipinski definition) is 5. The van der Waals surface area contributed by atoms with E-state index in [1.807, 2.05) is 47.2 Å². The zero-order chi connectivity index (χ0) is 10.9. The third-order valence-corrected chi connectivity index (χ3v) is 1.50. The lowest BCUT2D eigenvalue weighted by Gasteiger charge is -2.17. The number of rotatable bonds is 0. The average molecular weight is 236 g/mol. The quantitative estimate of drug-likeness (QED) is 0.526. The van der Waals surface area contributed by atoms with Crippen LogP contribution in [0, 0.1) is 10.2 Å². The molecule has 0 saturated carbocycles. The molecule has 14 heavy (non-hydrogen) atoms. The minimum Gasteiger partial charge on any atom is -0.222 e. The lowest BCUT2D eigenvalue weighted by atomic mass is 10.5. The summed E-state index contributed by atoms with van der Waals surface area (Å²) in [4.78, 5) is 0. The maximum Gasteiger partial charge on any atom is -0.00937 e. The van der Waals surface area contributed by atoms with Crippen LogP contribution in [0.3, 0.4) is 0 Å². The molecule has 78 valence electrons. The van der Waals surface area contributed by atoms with Crippen LogP contribution in [0.15, 0.2) is 47.2 Å². The van der Waals surface area contributed by atoms with Crippen LogP contribution in [-0.4, -0.2) is 0 Å². The van der Waals surface area contributed by atoms with Crippen LogP contribution in [-0.2, 0) is 0 Å². The van der Waals surface area contributed by atoms with Gasteiger partial charge in [-0.2, -0.15) is 11.3 Å². The van der Waals surface area contributed by atoms with Gasteiger partial charge in [0.25, 0.3) is 0 Å². The van der Waals surface area contributed by atoms with Gasteiger partial charge >= 0.3 is 0 Å². The summed E-state index contributed by atoms with van der Waals surface area (Å²) in [6, 6.07) is 12.1. The Morgan fingerprint density at radius 2 is 0.929 bits per heavy atom. The van der Waals surface area contributed by atoms with Crippen LogP contribution in [0.25, 0.3) is 0 Å². The van der Waals surface area contributed by atoms with Gasteiger partial charge in [0.1, 0.15) is 0 Å². The van der Waals surface area contributed by atoms with Gasteiger partial charge < -0.3 is 0 Å². The van der Waals surface area contributed by atoms with Crippen LogP contribution in [0.5, 0.6) is 0 Å². The highest BCUT2D eigenvalue weighted by Crippen LogP contribution is 1.88. The molecule has 0 fully saturated rings. The third-order valence-electron chi connectivity index (χ3n) is 0.870. The van der Waals surface area contributed by atoms with Crippen molar-refractivity contribution in [2.24, 2.45) is 0 Å². The molecule has 0 aliphatic rings. The second-order valence-corrected chi connectivity index (χ2v) is 3.51. The third kappa shape index (κ3) is 17.4. The first-order valence-corrected chi connectivity index (χ1v) is 5.60. The molecule has 0 N–H and O–H groups in total. The second-order valence-electron chi connectivity index (χ2n) is 1.94. The second kappa shape index (κ2) is 7.69. The Morgan fingerprint density at radius 3 is 1.29 bits per heavy atom. The fourth-order valence-electron chi connectivity index (χ4n) is 0.483. The predicted molar refractivity (Wildman–Crippen MR) is 41.9 cm³/mol. The number of halogens is 1. The van der Waals surface area contributed by atoms with E-state index in [9.17, 15) is 0 Å². The van der Waals surface area contributed by atoms with Gasteiger partial charge in [0, 0.05) is 0 Å². The van der Waals surface area contributed by atoms with Gasteiger partial charge in [0.05, 0.1) is 0 Å². The molecule has 0 aliphatic carbocycles. The molecule has 0 saturated heterocycles. The Bertz CT molecular complexity index is 202. The topological polar surface area (TPSA) is 92.2 Å². The maximum absolute atomic E-state index is 8.49. The minimum absolute atomic E-state index is 1.68. The Morgan fingerprint density at radius 1 is 0.643 bits per heavy atom. The normalized spacial score (nSPS) is 9.43. The van der Waals surface area contributed by atoms with Crippen molar-refractivity contribution in [1.29, 1.82) is 0 Å². The molecule has 0 unspecified atom stereocenters. The Hall–Kier alpha value is -0.690. The molecule has 1 aromatic rings. The molecule has 4 nitrogen and oxygen atoms in total. The summed E-state index contributed by atoms with van der Waals surface area (Å²) in [6.45, 7) is 0. The first kappa shape index (κ1) is 13.3. The highest BCUT2D eigenvalue weighted by Gasteiger charge is 1.84. The first-order chi connectivity index (χ1) is 6.50. The molecule has 0 bridgehead atoms. The van der Waals surface area contributed by atoms with E-state index in [0.29, 0.717) is 0 Å². The van der Waals surface area contributed by atoms with Crippen molar-refractivity contribution in [2.75, 3.05) is 0 Å². The van der Waals surface area contributed by atoms with Crippen LogP contribution in [0.2, 0.25) is 0 Å². The van der Waals surface area contributed by atoms with Gasteiger partial charge in [0.15, 0.2) is 0 Å². The van der Waals surface area contributed by atoms with E-state index in [4.69, 9.17) is 18.6 Å². The largest absolute Gasteiger partial charge is 0.222 e. The molecular weight excluding hydrogens is 228 g/mol. The van der Waals surface area contributed by atoms with Crippen LogP contribution >= 0.6 is 11.3 Å². The van der Waals surface area contributed by atoms with E-state index in [1.54, 1.807) is 11.3 Å². The molecule has 0 radical (unpaired) electrons. The fourth-order valence-corrected chi connectivity index (χ4v) is 0.937. The van der Waals surface area contributed by atoms with Crippen LogP contribution in [0.4, 0.5) is 0 Å². The summed E-state index contributed by atoms with van der Waals surface area (Å²) in [7, 11) is -4.94. The van der Waals surface area contributed by atoms with Crippen LogP contribution < -0.4 is 18.6 Å². The fraction of sp³-hybridized carbons (Fsp3) is 0. The van der Waals surface area contributed by atoms with Crippen molar-refractivity contribution < 1.29 is 28.9 Å². The van der Waals surface area contributed by atoms with Gasteiger partial charge in [-0.25, -0.2) is 18.6 Å². The SMILES string of the molecule is [O-][Cl+3]([O-])([O-])[O-].c1ccccsccc1. The minimum atomic E-state index is -4.94. The molecule has 0 aromatic carbocycles. The Balaban J connectivity index is 0.000000292. The smallest absolute Gasteiger partial charge is 0.00937 e. The van der Waals surface area contributed by atoms with E-state index in [2.05, 4.69) is 0 Å². The van der Waals surface area contributed by atoms with Gasteiger partial charge in [-0.05, 0) is 10.8 Å². The highest BCUT2D eigenvalue weighted by molar-refractivity contribution is 7.07. The van der Waals surface area contributed by atoms with E-state index in [0.717, 1.165) is 0 Å². The monoisotopic (exact) mass is 235 g/mol. The molecule has 0 spiro atoms. The van der Waals surface area contributed by atoms with Crippen molar-refractivity contribution >= 4 is 11.3 Å². The van der Waals surface area contributed by atoms with Gasteiger partial charge in [-0.3, -0.25) is 0 Å². The summed E-state index contributed by atoms with van der Waals surface area (Å²) in [5.41, 5.74) is 0. The summed E-state index contributed by atoms with van der Waals surface area (Å²) >= 11 is 1.68.